The molecular formula is C22H21N3O6. The number of rotatable bonds is 5. The smallest absolute Gasteiger partial charge is 0.310 e. The molecule has 160 valence electrons. The molecule has 1 saturated heterocycles. The van der Waals surface area contributed by atoms with E-state index in [2.05, 4.69) is 0 Å². The summed E-state index contributed by atoms with van der Waals surface area (Å²) in [6, 6.07) is 11.0. The van der Waals surface area contributed by atoms with E-state index in [0.29, 0.717) is 25.1 Å². The van der Waals surface area contributed by atoms with Crippen LogP contribution in [0, 0.1) is 16.0 Å². The average Bonchev–Trinajstić information content (AvgIpc) is 3.03. The molecule has 9 heteroatoms. The lowest BCUT2D eigenvalue weighted by Gasteiger charge is -2.33. The Morgan fingerprint density at radius 3 is 2.48 bits per heavy atom. The minimum Gasteiger partial charge on any atom is -0.466 e. The van der Waals surface area contributed by atoms with Gasteiger partial charge in [0.25, 0.3) is 17.5 Å². The van der Waals surface area contributed by atoms with Gasteiger partial charge in [-0.1, -0.05) is 18.2 Å². The van der Waals surface area contributed by atoms with Crippen LogP contribution < -0.4 is 9.80 Å². The van der Waals surface area contributed by atoms with Gasteiger partial charge in [0.2, 0.25) is 0 Å². The Balaban J connectivity index is 1.73. The molecule has 2 aromatic carbocycles. The van der Waals surface area contributed by atoms with Gasteiger partial charge in [0.05, 0.1) is 34.3 Å². The van der Waals surface area contributed by atoms with Crippen molar-refractivity contribution in [1.29, 1.82) is 0 Å². The minimum absolute atomic E-state index is 0.00301. The lowest BCUT2D eigenvalue weighted by Crippen LogP contribution is -2.39. The standard InChI is InChI=1S/C22H21N3O6/c1-2-31-22(28)14-7-6-10-23(13-14)18-11-16-17(12-19(18)25(29)30)21(27)24(20(16)26)15-8-4-3-5-9-15/h3-5,8-9,11-12,14H,2,6-7,10,13H2,1H3. The van der Waals surface area contributed by atoms with Gasteiger partial charge in [0.1, 0.15) is 5.69 Å². The van der Waals surface area contributed by atoms with E-state index in [9.17, 15) is 24.5 Å². The Morgan fingerprint density at radius 2 is 1.84 bits per heavy atom. The van der Waals surface area contributed by atoms with Crippen molar-refractivity contribution < 1.29 is 24.0 Å². The molecule has 1 fully saturated rings. The van der Waals surface area contributed by atoms with Gasteiger partial charge >= 0.3 is 5.97 Å². The first-order valence-electron chi connectivity index (χ1n) is 10.1. The highest BCUT2D eigenvalue weighted by atomic mass is 16.6. The number of para-hydroxylation sites is 1. The Bertz CT molecular complexity index is 1070. The van der Waals surface area contributed by atoms with Crippen molar-refractivity contribution in [2.24, 2.45) is 5.92 Å². The number of nitrogens with zero attached hydrogens (tertiary/aromatic N) is 3. The molecule has 0 saturated carbocycles. The van der Waals surface area contributed by atoms with Gasteiger partial charge in [-0.3, -0.25) is 24.5 Å². The molecule has 1 atom stereocenters. The highest BCUT2D eigenvalue weighted by Crippen LogP contribution is 2.38. The van der Waals surface area contributed by atoms with Gasteiger partial charge < -0.3 is 9.64 Å². The molecule has 0 N–H and O–H groups in total. The molecule has 2 aliphatic rings. The first-order valence-corrected chi connectivity index (χ1v) is 10.1. The molecule has 0 aliphatic carbocycles. The van der Waals surface area contributed by atoms with E-state index in [4.69, 9.17) is 4.74 Å². The average molecular weight is 423 g/mol. The number of carbonyl (C=O) groups excluding carboxylic acids is 3. The fourth-order valence-electron chi connectivity index (χ4n) is 4.12. The van der Waals surface area contributed by atoms with Crippen molar-refractivity contribution in [3.63, 3.8) is 0 Å². The summed E-state index contributed by atoms with van der Waals surface area (Å²) >= 11 is 0. The van der Waals surface area contributed by atoms with E-state index >= 15 is 0 Å². The third-order valence-electron chi connectivity index (χ3n) is 5.57. The first-order chi connectivity index (χ1) is 14.9. The number of nitro groups is 1. The van der Waals surface area contributed by atoms with Crippen LogP contribution in [0.4, 0.5) is 17.1 Å². The number of carbonyl (C=O) groups is 3. The van der Waals surface area contributed by atoms with E-state index in [1.807, 2.05) is 0 Å². The first kappa shape index (κ1) is 20.5. The zero-order valence-corrected chi connectivity index (χ0v) is 16.9. The van der Waals surface area contributed by atoms with Gasteiger partial charge in [0.15, 0.2) is 0 Å². The number of amides is 2. The molecule has 2 amide bonds. The summed E-state index contributed by atoms with van der Waals surface area (Å²) in [5.74, 6) is -1.86. The lowest BCUT2D eigenvalue weighted by atomic mass is 9.96. The lowest BCUT2D eigenvalue weighted by molar-refractivity contribution is -0.384. The van der Waals surface area contributed by atoms with Gasteiger partial charge in [-0.15, -0.1) is 0 Å². The maximum Gasteiger partial charge on any atom is 0.310 e. The van der Waals surface area contributed by atoms with Gasteiger partial charge in [0, 0.05) is 19.2 Å². The molecule has 31 heavy (non-hydrogen) atoms. The molecule has 1 unspecified atom stereocenters. The van der Waals surface area contributed by atoms with Crippen LogP contribution in [-0.4, -0.2) is 42.4 Å². The number of benzene rings is 2. The maximum absolute atomic E-state index is 13.0. The van der Waals surface area contributed by atoms with E-state index in [1.165, 1.54) is 12.1 Å². The van der Waals surface area contributed by atoms with Gasteiger partial charge in [-0.2, -0.15) is 0 Å². The van der Waals surface area contributed by atoms with Crippen molar-refractivity contribution in [3.05, 3.63) is 63.7 Å². The van der Waals surface area contributed by atoms with Crippen molar-refractivity contribution in [3.8, 4) is 0 Å². The molecule has 2 heterocycles. The number of esters is 1. The Morgan fingerprint density at radius 1 is 1.16 bits per heavy atom. The van der Waals surface area contributed by atoms with E-state index < -0.39 is 22.7 Å². The van der Waals surface area contributed by atoms with Crippen molar-refractivity contribution in [2.45, 2.75) is 19.8 Å². The second-order valence-electron chi connectivity index (χ2n) is 7.46. The monoisotopic (exact) mass is 423 g/mol. The van der Waals surface area contributed by atoms with Crippen molar-refractivity contribution in [2.75, 3.05) is 29.5 Å². The van der Waals surface area contributed by atoms with Crippen LogP contribution >= 0.6 is 0 Å². The third kappa shape index (κ3) is 3.63. The number of piperidine rings is 1. The molecule has 0 radical (unpaired) electrons. The predicted molar refractivity (Wildman–Crippen MR) is 112 cm³/mol. The number of fused-ring (bicyclic) bond motifs is 1. The van der Waals surface area contributed by atoms with Crippen LogP contribution in [0.2, 0.25) is 0 Å². The quantitative estimate of drug-likeness (QED) is 0.314. The number of ether oxygens (including phenoxy) is 1. The topological polar surface area (TPSA) is 110 Å². The number of anilines is 2. The highest BCUT2D eigenvalue weighted by molar-refractivity contribution is 6.35. The Labute approximate surface area is 178 Å². The highest BCUT2D eigenvalue weighted by Gasteiger charge is 2.40. The van der Waals surface area contributed by atoms with Crippen LogP contribution in [0.5, 0.6) is 0 Å². The van der Waals surface area contributed by atoms with Crippen LogP contribution in [0.25, 0.3) is 0 Å². The SMILES string of the molecule is CCOC(=O)C1CCCN(c2cc3c(cc2[N+](=O)[O-])C(=O)N(c2ccccc2)C3=O)C1. The summed E-state index contributed by atoms with van der Waals surface area (Å²) < 4.78 is 5.11. The summed E-state index contributed by atoms with van der Waals surface area (Å²) in [7, 11) is 0. The predicted octanol–water partition coefficient (Wildman–Crippen LogP) is 3.17. The van der Waals surface area contributed by atoms with Crippen molar-refractivity contribution in [1.82, 2.24) is 0 Å². The van der Waals surface area contributed by atoms with E-state index in [0.717, 1.165) is 4.90 Å². The number of nitro benzene ring substituents is 1. The molecule has 2 aliphatic heterocycles. The molecule has 4 rings (SSSR count). The van der Waals surface area contributed by atoms with E-state index in [1.54, 1.807) is 42.2 Å². The van der Waals surface area contributed by atoms with Crippen LogP contribution in [0.1, 0.15) is 40.5 Å². The summed E-state index contributed by atoms with van der Waals surface area (Å²) in [6.45, 7) is 2.74. The zero-order chi connectivity index (χ0) is 22.1. The summed E-state index contributed by atoms with van der Waals surface area (Å²) in [5, 5.41) is 11.8. The minimum atomic E-state index is -0.594. The number of imide groups is 1. The summed E-state index contributed by atoms with van der Waals surface area (Å²) in [5.41, 5.74) is 0.488. The Kier molecular flexibility index (Phi) is 5.41. The summed E-state index contributed by atoms with van der Waals surface area (Å²) in [6.07, 6.45) is 1.29. The van der Waals surface area contributed by atoms with Crippen LogP contribution in [-0.2, 0) is 9.53 Å². The summed E-state index contributed by atoms with van der Waals surface area (Å²) in [4.78, 5) is 52.1. The fraction of sp³-hybridized carbons (Fsp3) is 0.318. The molecule has 2 aromatic rings. The van der Waals surface area contributed by atoms with Crippen LogP contribution in [0.3, 0.4) is 0 Å². The van der Waals surface area contributed by atoms with E-state index in [-0.39, 0.29) is 41.6 Å². The molecular weight excluding hydrogens is 402 g/mol. The van der Waals surface area contributed by atoms with Crippen molar-refractivity contribution >= 4 is 34.8 Å². The zero-order valence-electron chi connectivity index (χ0n) is 16.9. The maximum atomic E-state index is 13.0. The second-order valence-corrected chi connectivity index (χ2v) is 7.46. The van der Waals surface area contributed by atoms with Gasteiger partial charge in [-0.05, 0) is 38.0 Å². The second kappa shape index (κ2) is 8.17. The van der Waals surface area contributed by atoms with Gasteiger partial charge in [-0.25, -0.2) is 4.90 Å². The number of hydrogen-bond donors (Lipinski definition) is 0. The molecule has 0 spiro atoms. The molecule has 0 bridgehead atoms. The van der Waals surface area contributed by atoms with Crippen LogP contribution in [0.15, 0.2) is 42.5 Å². The number of hydrogen-bond acceptors (Lipinski definition) is 7. The fourth-order valence-corrected chi connectivity index (χ4v) is 4.12. The Hall–Kier alpha value is -3.75. The molecule has 9 nitrogen and oxygen atoms in total. The molecule has 0 aromatic heterocycles. The third-order valence-corrected chi connectivity index (χ3v) is 5.57. The normalized spacial score (nSPS) is 18.2. The largest absolute Gasteiger partial charge is 0.466 e.